The second-order valence-corrected chi connectivity index (χ2v) is 32.4. The SMILES string of the molecule is CCCN1CCN(c2nc(Nc3ncc(C(=O)Nc4c(C)cccc4Cl)s3)nc(-c3ccc(OC)cc3)n2)CC1.COc1cccc(-c2nc(Nc3ncc(C(=O)Nc4c(C)cccc4Cl)s3)nc(N3CCN(CCO)CC3)n2)c1.Cc1cccc(Cl)c1NC(=O)c1cnc(Nc2nc(-c3c(C)cccc3C)nc(N3CCN(CCO)CC3)n2)s1. The minimum atomic E-state index is -0.309. The minimum Gasteiger partial charge on any atom is -0.497 e. The second kappa shape index (κ2) is 41.1. The molecule has 0 unspecified atom stereocenters. The van der Waals surface area contributed by atoms with Crippen LogP contribution in [-0.4, -0.2) is 228 Å². The average Bonchev–Trinajstić information content (AvgIpc) is 0.987. The standard InChI is InChI=1S/2C28H31ClN8O2S.C27H29ClN8O3S/c1-17-6-4-7-18(2)22(17)24-32-26(34-27(33-24)37-12-10-36(11-13-37)14-15-38)35-28-30-16-21(40-28)25(39)31-23-19(3)8-5-9-20(23)29;1-4-12-36-13-15-37(16-14-36)27-33-24(19-8-10-20(39-3)11-9-19)32-26(34-27)35-28-30-17-22(40-28)25(38)31-23-18(2)6-5-7-21(23)29;1-17-5-3-8-20(28)22(17)30-24(38)21-16-29-27(40-21)34-25-31-23(18-6-4-7-19(15-18)39-2)32-26(33-25)36-11-9-35(10-12-36)13-14-37/h4-9,16,38H,10-15H2,1-3H3,(H,31,39)(H,30,32,33,34,35);5-11,17H,4,12-16H2,1-3H3,(H,31,38)(H,30,32,33,34,35);3-8,15-16,37H,9-14H2,1-2H3,(H,30,38)(H,29,31,32,33,34). The van der Waals surface area contributed by atoms with Crippen molar-refractivity contribution in [2.24, 2.45) is 0 Å². The third kappa shape index (κ3) is 22.4. The zero-order valence-corrected chi connectivity index (χ0v) is 72.1. The third-order valence-electron chi connectivity index (χ3n) is 19.8. The predicted octanol–water partition coefficient (Wildman–Crippen LogP) is 14.3. The van der Waals surface area contributed by atoms with Gasteiger partial charge >= 0.3 is 0 Å². The number of nitrogens with one attached hydrogen (secondary N) is 6. The van der Waals surface area contributed by atoms with Crippen molar-refractivity contribution >= 4 is 155 Å². The maximum Gasteiger partial charge on any atom is 0.267 e. The molecule has 12 aromatic rings. The number of anilines is 12. The van der Waals surface area contributed by atoms with Crippen molar-refractivity contribution in [3.05, 3.63) is 197 Å². The lowest BCUT2D eigenvalue weighted by Crippen LogP contribution is -2.47. The van der Waals surface area contributed by atoms with Crippen LogP contribution in [0.4, 0.5) is 68.1 Å². The number of carbonyl (C=O) groups excluding carboxylic acids is 3. The first-order chi connectivity index (χ1) is 58.2. The summed E-state index contributed by atoms with van der Waals surface area (Å²) in [4.78, 5) is 109. The average molecular weight is 1740 g/mol. The number of aromatic nitrogens is 12. The van der Waals surface area contributed by atoms with Gasteiger partial charge in [-0.25, -0.2) is 15.0 Å². The normalized spacial score (nSPS) is 13.8. The second-order valence-electron chi connectivity index (χ2n) is 28.1. The number of aryl methyl sites for hydroxylation is 5. The van der Waals surface area contributed by atoms with Crippen molar-refractivity contribution in [3.63, 3.8) is 0 Å². The fourth-order valence-electron chi connectivity index (χ4n) is 13.3. The summed E-state index contributed by atoms with van der Waals surface area (Å²) in [6.45, 7) is 24.3. The number of para-hydroxylation sites is 3. The molecule has 3 saturated heterocycles. The number of aliphatic hydroxyl groups is 2. The number of β-amino-alcohol motifs (C(OH)–C–C–N with tert-alkyl or cyclic N) is 2. The van der Waals surface area contributed by atoms with Crippen molar-refractivity contribution in [1.29, 1.82) is 0 Å². The minimum absolute atomic E-state index is 0.131. The highest BCUT2D eigenvalue weighted by Crippen LogP contribution is 2.36. The molecule has 0 atom stereocenters. The maximum atomic E-state index is 12.9. The summed E-state index contributed by atoms with van der Waals surface area (Å²) in [6, 6.07) is 37.6. The highest BCUT2D eigenvalue weighted by atomic mass is 35.5. The quantitative estimate of drug-likeness (QED) is 0.0250. The Morgan fingerprint density at radius 3 is 1.11 bits per heavy atom. The Hall–Kier alpha value is -11.3. The summed E-state index contributed by atoms with van der Waals surface area (Å²) in [5, 5.41) is 39.6. The number of piperazine rings is 3. The summed E-state index contributed by atoms with van der Waals surface area (Å²) >= 11 is 22.4. The van der Waals surface area contributed by atoms with Gasteiger partial charge in [-0.15, -0.1) is 0 Å². The Morgan fingerprint density at radius 2 is 0.742 bits per heavy atom. The lowest BCUT2D eigenvalue weighted by Gasteiger charge is -2.34. The molecule has 624 valence electrons. The number of thiazole rings is 3. The summed E-state index contributed by atoms with van der Waals surface area (Å²) in [7, 11) is 3.24. The van der Waals surface area contributed by atoms with Gasteiger partial charge in [0.15, 0.2) is 32.9 Å². The fraction of sp³-hybridized carbons (Fsp3) is 0.313. The van der Waals surface area contributed by atoms with Crippen molar-refractivity contribution < 1.29 is 34.1 Å². The van der Waals surface area contributed by atoms with E-state index in [-0.39, 0.29) is 30.9 Å². The molecule has 31 nitrogen and oxygen atoms in total. The molecule has 3 aliphatic heterocycles. The van der Waals surface area contributed by atoms with Gasteiger partial charge < -0.3 is 50.3 Å². The molecule has 0 bridgehead atoms. The Balaban J connectivity index is 0.000000156. The van der Waals surface area contributed by atoms with E-state index in [1.165, 1.54) is 52.6 Å². The number of nitrogens with zero attached hydrogens (tertiary/aromatic N) is 18. The Kier molecular flexibility index (Phi) is 29.7. The number of amides is 3. The van der Waals surface area contributed by atoms with Crippen LogP contribution in [0, 0.1) is 34.6 Å². The predicted molar refractivity (Wildman–Crippen MR) is 477 cm³/mol. The molecule has 6 aromatic carbocycles. The van der Waals surface area contributed by atoms with Crippen LogP contribution in [0.25, 0.3) is 34.2 Å². The summed E-state index contributed by atoms with van der Waals surface area (Å²) in [6.07, 6.45) is 5.67. The molecule has 120 heavy (non-hydrogen) atoms. The lowest BCUT2D eigenvalue weighted by atomic mass is 10.0. The molecule has 3 amide bonds. The summed E-state index contributed by atoms with van der Waals surface area (Å²) < 4.78 is 10.7. The molecule has 0 radical (unpaired) electrons. The van der Waals surface area contributed by atoms with E-state index in [2.05, 4.69) is 98.1 Å². The number of aliphatic hydroxyl groups excluding tert-OH is 2. The van der Waals surface area contributed by atoms with Gasteiger partial charge in [-0.05, 0) is 130 Å². The Bertz CT molecular complexity index is 5470. The zero-order valence-electron chi connectivity index (χ0n) is 67.4. The van der Waals surface area contributed by atoms with E-state index in [0.717, 1.165) is 129 Å². The molecule has 0 saturated carbocycles. The first kappa shape index (κ1) is 86.6. The van der Waals surface area contributed by atoms with Crippen LogP contribution < -0.4 is 56.1 Å². The van der Waals surface area contributed by atoms with Crippen LogP contribution >= 0.6 is 68.8 Å². The monoisotopic (exact) mass is 1740 g/mol. The van der Waals surface area contributed by atoms with E-state index in [4.69, 9.17) is 74.2 Å². The highest BCUT2D eigenvalue weighted by molar-refractivity contribution is 7.18. The molecular weight excluding hydrogens is 1650 g/mol. The zero-order chi connectivity index (χ0) is 84.3. The number of hydrogen-bond acceptors (Lipinski definition) is 31. The fourth-order valence-corrected chi connectivity index (χ4v) is 16.3. The van der Waals surface area contributed by atoms with Gasteiger partial charge in [0.05, 0.1) is 78.2 Å². The molecule has 8 N–H and O–H groups in total. The number of benzene rings is 6. The summed E-state index contributed by atoms with van der Waals surface area (Å²) in [5.74, 6) is 4.86. The molecule has 0 aliphatic carbocycles. The van der Waals surface area contributed by atoms with Crippen LogP contribution in [0.3, 0.4) is 0 Å². The smallest absolute Gasteiger partial charge is 0.267 e. The molecule has 15 rings (SSSR count). The third-order valence-corrected chi connectivity index (χ3v) is 23.5. The van der Waals surface area contributed by atoms with Crippen LogP contribution in [-0.2, 0) is 0 Å². The molecule has 3 fully saturated rings. The van der Waals surface area contributed by atoms with Gasteiger partial charge in [-0.1, -0.05) is 142 Å². The first-order valence-electron chi connectivity index (χ1n) is 38.8. The number of hydrogen-bond donors (Lipinski definition) is 8. The molecule has 9 heterocycles. The van der Waals surface area contributed by atoms with E-state index in [0.29, 0.717) is 147 Å². The molecule has 6 aromatic heterocycles. The number of halogens is 3. The number of methoxy groups -OCH3 is 2. The Morgan fingerprint density at radius 1 is 0.400 bits per heavy atom. The molecule has 37 heteroatoms. The van der Waals surface area contributed by atoms with Crippen LogP contribution in [0.2, 0.25) is 15.1 Å². The van der Waals surface area contributed by atoms with Crippen molar-refractivity contribution in [3.8, 4) is 45.7 Å². The molecule has 3 aliphatic rings. The van der Waals surface area contributed by atoms with Gasteiger partial charge in [-0.2, -0.15) is 44.9 Å². The van der Waals surface area contributed by atoms with E-state index >= 15 is 0 Å². The number of ether oxygens (including phenoxy) is 2. The lowest BCUT2D eigenvalue weighted by molar-refractivity contribution is 0.102. The van der Waals surface area contributed by atoms with E-state index in [9.17, 15) is 24.6 Å². The van der Waals surface area contributed by atoms with Gasteiger partial charge in [0.1, 0.15) is 26.1 Å². The maximum absolute atomic E-state index is 12.9. The topological polar surface area (TPSA) is 356 Å². The van der Waals surface area contributed by atoms with Crippen molar-refractivity contribution in [2.75, 3.05) is 172 Å². The van der Waals surface area contributed by atoms with Crippen molar-refractivity contribution in [1.82, 2.24) is 74.5 Å². The Labute approximate surface area is 721 Å². The van der Waals surface area contributed by atoms with Gasteiger partial charge in [0.2, 0.25) is 35.7 Å². The van der Waals surface area contributed by atoms with E-state index < -0.39 is 0 Å². The number of carbonyl (C=O) groups is 3. The molecule has 0 spiro atoms. The first-order valence-corrected chi connectivity index (χ1v) is 42.4. The van der Waals surface area contributed by atoms with E-state index in [1.807, 2.05) is 138 Å². The number of rotatable bonds is 26. The highest BCUT2D eigenvalue weighted by Gasteiger charge is 2.28. The molecular formula is C83H91Cl3N24O7S3. The van der Waals surface area contributed by atoms with Crippen LogP contribution in [0.15, 0.2) is 140 Å². The van der Waals surface area contributed by atoms with Gasteiger partial charge in [0, 0.05) is 108 Å². The van der Waals surface area contributed by atoms with Gasteiger partial charge in [0.25, 0.3) is 17.7 Å². The summed E-state index contributed by atoms with van der Waals surface area (Å²) in [5.41, 5.74) is 9.07. The van der Waals surface area contributed by atoms with E-state index in [1.54, 1.807) is 32.4 Å². The van der Waals surface area contributed by atoms with Crippen molar-refractivity contribution in [2.45, 2.75) is 48.0 Å². The van der Waals surface area contributed by atoms with Crippen LogP contribution in [0.5, 0.6) is 11.5 Å². The van der Waals surface area contributed by atoms with Crippen LogP contribution in [0.1, 0.15) is 70.2 Å². The van der Waals surface area contributed by atoms with Gasteiger partial charge in [-0.3, -0.25) is 45.0 Å². The largest absolute Gasteiger partial charge is 0.497 e.